The Labute approximate surface area is 68.7 Å². The van der Waals surface area contributed by atoms with Crippen LogP contribution in [-0.4, -0.2) is 31.1 Å². The molecule has 0 radical (unpaired) electrons. The van der Waals surface area contributed by atoms with Gasteiger partial charge in [-0.15, -0.1) is 0 Å². The Kier molecular flexibility index (Phi) is 1.90. The third kappa shape index (κ3) is 1.09. The third-order valence-corrected chi connectivity index (χ3v) is 3.53. The Morgan fingerprint density at radius 1 is 1.45 bits per heavy atom. The Balaban J connectivity index is 2.07. The van der Waals surface area contributed by atoms with Gasteiger partial charge in [-0.05, 0) is 38.3 Å². The standard InChI is InChI=1S/C9H18N2/c1-11-6-7(5-10)8-3-2-4-9(8)11/h7-9H,2-6,10H2,1H3. The van der Waals surface area contributed by atoms with Gasteiger partial charge in [0.15, 0.2) is 0 Å². The molecule has 2 rings (SSSR count). The van der Waals surface area contributed by atoms with E-state index >= 15 is 0 Å². The second kappa shape index (κ2) is 2.76. The highest BCUT2D eigenvalue weighted by Crippen LogP contribution is 2.39. The van der Waals surface area contributed by atoms with Crippen molar-refractivity contribution >= 4 is 0 Å². The molecule has 2 N–H and O–H groups in total. The summed E-state index contributed by atoms with van der Waals surface area (Å²) in [5.41, 5.74) is 5.73. The van der Waals surface area contributed by atoms with Crippen LogP contribution in [0, 0.1) is 11.8 Å². The number of fused-ring (bicyclic) bond motifs is 1. The SMILES string of the molecule is CN1CC(CN)C2CCCC21. The van der Waals surface area contributed by atoms with Crippen molar-refractivity contribution in [1.29, 1.82) is 0 Å². The van der Waals surface area contributed by atoms with Gasteiger partial charge >= 0.3 is 0 Å². The molecule has 0 aromatic heterocycles. The average Bonchev–Trinajstić information content (AvgIpc) is 2.54. The number of nitrogens with zero attached hydrogens (tertiary/aromatic N) is 1. The molecule has 0 bridgehead atoms. The van der Waals surface area contributed by atoms with Crippen LogP contribution < -0.4 is 5.73 Å². The molecule has 2 nitrogen and oxygen atoms in total. The van der Waals surface area contributed by atoms with Crippen LogP contribution in [0.15, 0.2) is 0 Å². The normalized spacial score (nSPS) is 44.7. The Morgan fingerprint density at radius 2 is 2.27 bits per heavy atom. The molecule has 1 aliphatic carbocycles. The molecule has 0 spiro atoms. The number of hydrogen-bond acceptors (Lipinski definition) is 2. The lowest BCUT2D eigenvalue weighted by atomic mass is 9.93. The number of nitrogens with two attached hydrogens (primary N) is 1. The van der Waals surface area contributed by atoms with Crippen molar-refractivity contribution in [3.05, 3.63) is 0 Å². The Morgan fingerprint density at radius 3 is 3.00 bits per heavy atom. The van der Waals surface area contributed by atoms with Gasteiger partial charge in [0.1, 0.15) is 0 Å². The van der Waals surface area contributed by atoms with Crippen LogP contribution in [0.25, 0.3) is 0 Å². The van der Waals surface area contributed by atoms with Crippen molar-refractivity contribution in [2.75, 3.05) is 20.1 Å². The smallest absolute Gasteiger partial charge is 0.0124 e. The lowest BCUT2D eigenvalue weighted by molar-refractivity contribution is 0.294. The van der Waals surface area contributed by atoms with Gasteiger partial charge in [-0.2, -0.15) is 0 Å². The largest absolute Gasteiger partial charge is 0.330 e. The van der Waals surface area contributed by atoms with E-state index in [2.05, 4.69) is 11.9 Å². The third-order valence-electron chi connectivity index (χ3n) is 3.53. The van der Waals surface area contributed by atoms with Crippen LogP contribution in [0.4, 0.5) is 0 Å². The van der Waals surface area contributed by atoms with Gasteiger partial charge < -0.3 is 10.6 Å². The molecule has 1 heterocycles. The number of likely N-dealkylation sites (tertiary alicyclic amines) is 1. The zero-order chi connectivity index (χ0) is 7.84. The maximum absolute atomic E-state index is 5.73. The van der Waals surface area contributed by atoms with Gasteiger partial charge in [-0.1, -0.05) is 6.42 Å². The molecule has 2 aliphatic rings. The topological polar surface area (TPSA) is 29.3 Å². The molecule has 1 saturated carbocycles. The van der Waals surface area contributed by atoms with Crippen molar-refractivity contribution < 1.29 is 0 Å². The first-order valence-electron chi connectivity index (χ1n) is 4.73. The summed E-state index contributed by atoms with van der Waals surface area (Å²) in [5, 5.41) is 0. The minimum atomic E-state index is 0.799. The van der Waals surface area contributed by atoms with Gasteiger partial charge in [0, 0.05) is 12.6 Å². The van der Waals surface area contributed by atoms with E-state index in [0.717, 1.165) is 24.4 Å². The quantitative estimate of drug-likeness (QED) is 0.601. The molecule has 3 unspecified atom stereocenters. The van der Waals surface area contributed by atoms with Gasteiger partial charge in [-0.3, -0.25) is 0 Å². The zero-order valence-corrected chi connectivity index (χ0v) is 7.29. The monoisotopic (exact) mass is 154 g/mol. The zero-order valence-electron chi connectivity index (χ0n) is 7.29. The summed E-state index contributed by atoms with van der Waals surface area (Å²) >= 11 is 0. The number of hydrogen-bond donors (Lipinski definition) is 1. The molecule has 64 valence electrons. The van der Waals surface area contributed by atoms with E-state index in [0.29, 0.717) is 0 Å². The molecule has 0 aromatic rings. The van der Waals surface area contributed by atoms with Crippen LogP contribution in [0.5, 0.6) is 0 Å². The minimum Gasteiger partial charge on any atom is -0.330 e. The second-order valence-corrected chi connectivity index (χ2v) is 4.10. The molecule has 3 atom stereocenters. The molecule has 0 amide bonds. The van der Waals surface area contributed by atoms with E-state index in [9.17, 15) is 0 Å². The Bertz CT molecular complexity index is 146. The van der Waals surface area contributed by atoms with Gasteiger partial charge in [-0.25, -0.2) is 0 Å². The van der Waals surface area contributed by atoms with Crippen LogP contribution in [-0.2, 0) is 0 Å². The fourth-order valence-corrected chi connectivity index (χ4v) is 2.96. The van der Waals surface area contributed by atoms with Crippen molar-refractivity contribution in [1.82, 2.24) is 4.90 Å². The minimum absolute atomic E-state index is 0.799. The second-order valence-electron chi connectivity index (χ2n) is 4.10. The highest BCUT2D eigenvalue weighted by molar-refractivity contribution is 4.95. The summed E-state index contributed by atoms with van der Waals surface area (Å²) in [6.45, 7) is 2.14. The van der Waals surface area contributed by atoms with E-state index < -0.39 is 0 Å². The van der Waals surface area contributed by atoms with E-state index in [-0.39, 0.29) is 0 Å². The fourth-order valence-electron chi connectivity index (χ4n) is 2.96. The van der Waals surface area contributed by atoms with Crippen LogP contribution >= 0.6 is 0 Å². The lowest BCUT2D eigenvalue weighted by Gasteiger charge is -2.17. The van der Waals surface area contributed by atoms with E-state index in [4.69, 9.17) is 5.73 Å². The van der Waals surface area contributed by atoms with E-state index in [1.54, 1.807) is 0 Å². The molecular formula is C9H18N2. The summed E-state index contributed by atoms with van der Waals surface area (Å²) in [7, 11) is 2.25. The van der Waals surface area contributed by atoms with Crippen molar-refractivity contribution in [3.63, 3.8) is 0 Å². The summed E-state index contributed by atoms with van der Waals surface area (Å²) in [6, 6.07) is 0.878. The molecule has 1 saturated heterocycles. The van der Waals surface area contributed by atoms with Gasteiger partial charge in [0.25, 0.3) is 0 Å². The molecule has 2 heteroatoms. The average molecular weight is 154 g/mol. The predicted octanol–water partition coefficient (Wildman–Crippen LogP) is 0.675. The summed E-state index contributed by atoms with van der Waals surface area (Å²) in [5.74, 6) is 1.73. The highest BCUT2D eigenvalue weighted by Gasteiger charge is 2.41. The highest BCUT2D eigenvalue weighted by atomic mass is 15.2. The first-order valence-corrected chi connectivity index (χ1v) is 4.73. The lowest BCUT2D eigenvalue weighted by Crippen LogP contribution is -2.25. The fraction of sp³-hybridized carbons (Fsp3) is 1.00. The molecular weight excluding hydrogens is 136 g/mol. The van der Waals surface area contributed by atoms with E-state index in [1.165, 1.54) is 25.8 Å². The predicted molar refractivity (Wildman–Crippen MR) is 46.3 cm³/mol. The van der Waals surface area contributed by atoms with Gasteiger partial charge in [0.05, 0.1) is 0 Å². The molecule has 11 heavy (non-hydrogen) atoms. The first-order chi connectivity index (χ1) is 5.33. The maximum atomic E-state index is 5.73. The first kappa shape index (κ1) is 7.56. The maximum Gasteiger partial charge on any atom is 0.0124 e. The summed E-state index contributed by atoms with van der Waals surface area (Å²) < 4.78 is 0. The Hall–Kier alpha value is -0.0800. The summed E-state index contributed by atoms with van der Waals surface area (Å²) in [6.07, 6.45) is 4.27. The molecule has 0 aromatic carbocycles. The van der Waals surface area contributed by atoms with Crippen LogP contribution in [0.2, 0.25) is 0 Å². The van der Waals surface area contributed by atoms with Crippen molar-refractivity contribution in [3.8, 4) is 0 Å². The van der Waals surface area contributed by atoms with Crippen molar-refractivity contribution in [2.24, 2.45) is 17.6 Å². The van der Waals surface area contributed by atoms with Gasteiger partial charge in [0.2, 0.25) is 0 Å². The summed E-state index contributed by atoms with van der Waals surface area (Å²) in [4.78, 5) is 2.51. The van der Waals surface area contributed by atoms with Crippen molar-refractivity contribution in [2.45, 2.75) is 25.3 Å². The number of rotatable bonds is 1. The van der Waals surface area contributed by atoms with E-state index in [1.807, 2.05) is 0 Å². The molecule has 1 aliphatic heterocycles. The molecule has 2 fully saturated rings. The van der Waals surface area contributed by atoms with Crippen LogP contribution in [0.3, 0.4) is 0 Å². The van der Waals surface area contributed by atoms with Crippen LogP contribution in [0.1, 0.15) is 19.3 Å².